The topological polar surface area (TPSA) is 67.2 Å². The lowest BCUT2D eigenvalue weighted by Crippen LogP contribution is -1.98. The fourth-order valence-electron chi connectivity index (χ4n) is 2.39. The molecule has 120 valence electrons. The molecule has 0 bridgehead atoms. The summed E-state index contributed by atoms with van der Waals surface area (Å²) in [5, 5.41) is 13.5. The fraction of sp³-hybridized carbons (Fsp3) is 0.158. The molecule has 0 spiro atoms. The summed E-state index contributed by atoms with van der Waals surface area (Å²) in [5.41, 5.74) is 2.09. The molecule has 0 amide bonds. The molecular weight excluding hydrogens is 302 g/mol. The Labute approximate surface area is 140 Å². The van der Waals surface area contributed by atoms with E-state index in [0.717, 1.165) is 28.1 Å². The fourth-order valence-corrected chi connectivity index (χ4v) is 2.39. The molecular formula is C19H17N3O2. The highest BCUT2D eigenvalue weighted by Gasteiger charge is 2.08. The van der Waals surface area contributed by atoms with Crippen LogP contribution < -0.4 is 14.8 Å². The van der Waals surface area contributed by atoms with Crippen LogP contribution in [0.4, 0.5) is 11.5 Å². The predicted octanol–water partition coefficient (Wildman–Crippen LogP) is 4.26. The standard InChI is InChI=1S/C19H17N3O2/c1-3-24-16-8-5-15(6-9-16)21-19-14(12-20)10-13-4-7-17(23-2)11-18(13)22-19/h4-11H,3H2,1-2H3,(H,21,22). The van der Waals surface area contributed by atoms with Gasteiger partial charge >= 0.3 is 0 Å². The van der Waals surface area contributed by atoms with Gasteiger partial charge in [0, 0.05) is 17.1 Å². The smallest absolute Gasteiger partial charge is 0.149 e. The normalized spacial score (nSPS) is 10.2. The number of hydrogen-bond donors (Lipinski definition) is 1. The summed E-state index contributed by atoms with van der Waals surface area (Å²) in [6.07, 6.45) is 0. The Hall–Kier alpha value is -3.26. The number of methoxy groups -OCH3 is 1. The van der Waals surface area contributed by atoms with Gasteiger partial charge in [-0.2, -0.15) is 5.26 Å². The Morgan fingerprint density at radius 3 is 2.50 bits per heavy atom. The molecule has 2 aromatic carbocycles. The molecule has 5 heteroatoms. The Kier molecular flexibility index (Phi) is 4.48. The highest BCUT2D eigenvalue weighted by atomic mass is 16.5. The van der Waals surface area contributed by atoms with E-state index in [-0.39, 0.29) is 0 Å². The summed E-state index contributed by atoms with van der Waals surface area (Å²) in [6.45, 7) is 2.57. The Morgan fingerprint density at radius 2 is 1.83 bits per heavy atom. The van der Waals surface area contributed by atoms with Crippen LogP contribution in [0, 0.1) is 11.3 Å². The molecule has 0 radical (unpaired) electrons. The third kappa shape index (κ3) is 3.23. The van der Waals surface area contributed by atoms with Gasteiger partial charge in [0.05, 0.1) is 24.8 Å². The summed E-state index contributed by atoms with van der Waals surface area (Å²) in [4.78, 5) is 4.56. The minimum Gasteiger partial charge on any atom is -0.497 e. The number of pyridine rings is 1. The number of nitrogens with zero attached hydrogens (tertiary/aromatic N) is 2. The van der Waals surface area contributed by atoms with Crippen LogP contribution in [-0.4, -0.2) is 18.7 Å². The number of aromatic nitrogens is 1. The van der Waals surface area contributed by atoms with Gasteiger partial charge in [0.2, 0.25) is 0 Å². The van der Waals surface area contributed by atoms with Crippen molar-refractivity contribution in [3.63, 3.8) is 0 Å². The van der Waals surface area contributed by atoms with Crippen LogP contribution in [-0.2, 0) is 0 Å². The summed E-state index contributed by atoms with van der Waals surface area (Å²) >= 11 is 0. The largest absolute Gasteiger partial charge is 0.497 e. The Bertz CT molecular complexity index is 899. The van der Waals surface area contributed by atoms with Crippen LogP contribution in [0.25, 0.3) is 10.9 Å². The lowest BCUT2D eigenvalue weighted by molar-refractivity contribution is 0.340. The summed E-state index contributed by atoms with van der Waals surface area (Å²) in [5.74, 6) is 2.05. The number of nitriles is 1. The molecule has 1 N–H and O–H groups in total. The lowest BCUT2D eigenvalue weighted by Gasteiger charge is -2.10. The van der Waals surface area contributed by atoms with E-state index < -0.39 is 0 Å². The van der Waals surface area contributed by atoms with Crippen molar-refractivity contribution in [3.05, 3.63) is 54.1 Å². The van der Waals surface area contributed by atoms with Crippen LogP contribution in [0.5, 0.6) is 11.5 Å². The molecule has 1 aromatic heterocycles. The van der Waals surface area contributed by atoms with E-state index in [0.29, 0.717) is 18.0 Å². The number of anilines is 2. The van der Waals surface area contributed by atoms with Gasteiger partial charge < -0.3 is 14.8 Å². The molecule has 0 fully saturated rings. The number of fused-ring (bicyclic) bond motifs is 1. The van der Waals surface area contributed by atoms with E-state index in [4.69, 9.17) is 9.47 Å². The zero-order valence-electron chi connectivity index (χ0n) is 13.5. The second-order valence-electron chi connectivity index (χ2n) is 5.14. The first-order valence-electron chi connectivity index (χ1n) is 7.62. The van der Waals surface area contributed by atoms with Crippen molar-refractivity contribution in [2.75, 3.05) is 19.0 Å². The molecule has 1 heterocycles. The first-order chi connectivity index (χ1) is 11.7. The van der Waals surface area contributed by atoms with E-state index in [2.05, 4.69) is 16.4 Å². The molecule has 0 saturated carbocycles. The average molecular weight is 319 g/mol. The first kappa shape index (κ1) is 15.6. The first-order valence-corrected chi connectivity index (χ1v) is 7.62. The zero-order valence-corrected chi connectivity index (χ0v) is 13.5. The van der Waals surface area contributed by atoms with Gasteiger partial charge in [0.25, 0.3) is 0 Å². The minimum absolute atomic E-state index is 0.488. The molecule has 0 atom stereocenters. The van der Waals surface area contributed by atoms with Gasteiger partial charge in [-0.05, 0) is 49.4 Å². The quantitative estimate of drug-likeness (QED) is 0.761. The van der Waals surface area contributed by atoms with Crippen LogP contribution in [0.15, 0.2) is 48.5 Å². The third-order valence-corrected chi connectivity index (χ3v) is 3.57. The SMILES string of the molecule is CCOc1ccc(Nc2nc3cc(OC)ccc3cc2C#N)cc1. The van der Waals surface area contributed by atoms with Gasteiger partial charge in [-0.3, -0.25) is 0 Å². The highest BCUT2D eigenvalue weighted by Crippen LogP contribution is 2.26. The van der Waals surface area contributed by atoms with Gasteiger partial charge in [-0.15, -0.1) is 0 Å². The molecule has 0 aliphatic rings. The van der Waals surface area contributed by atoms with Crippen LogP contribution in [0.1, 0.15) is 12.5 Å². The van der Waals surface area contributed by atoms with Crippen LogP contribution >= 0.6 is 0 Å². The van der Waals surface area contributed by atoms with E-state index >= 15 is 0 Å². The molecule has 0 aliphatic heterocycles. The van der Waals surface area contributed by atoms with Crippen molar-refractivity contribution >= 4 is 22.4 Å². The van der Waals surface area contributed by atoms with Gasteiger partial charge in [0.1, 0.15) is 23.4 Å². The minimum atomic E-state index is 0.488. The van der Waals surface area contributed by atoms with Crippen molar-refractivity contribution in [3.8, 4) is 17.6 Å². The summed E-state index contributed by atoms with van der Waals surface area (Å²) < 4.78 is 10.7. The highest BCUT2D eigenvalue weighted by molar-refractivity contribution is 5.85. The van der Waals surface area contributed by atoms with Crippen molar-refractivity contribution < 1.29 is 9.47 Å². The van der Waals surface area contributed by atoms with Gasteiger partial charge in [-0.25, -0.2) is 4.98 Å². The number of hydrogen-bond acceptors (Lipinski definition) is 5. The van der Waals surface area contributed by atoms with Gasteiger partial charge in [0.15, 0.2) is 0 Å². The summed E-state index contributed by atoms with van der Waals surface area (Å²) in [6, 6.07) is 17.1. The van der Waals surface area contributed by atoms with Crippen LogP contribution in [0.2, 0.25) is 0 Å². The van der Waals surface area contributed by atoms with Crippen molar-refractivity contribution in [2.24, 2.45) is 0 Å². The van der Waals surface area contributed by atoms with E-state index in [9.17, 15) is 5.26 Å². The van der Waals surface area contributed by atoms with Crippen LogP contribution in [0.3, 0.4) is 0 Å². The third-order valence-electron chi connectivity index (χ3n) is 3.57. The predicted molar refractivity (Wildman–Crippen MR) is 93.9 cm³/mol. The molecule has 0 aliphatic carbocycles. The maximum atomic E-state index is 9.40. The monoisotopic (exact) mass is 319 g/mol. The number of nitrogens with one attached hydrogen (secondary N) is 1. The average Bonchev–Trinajstić information content (AvgIpc) is 2.62. The summed E-state index contributed by atoms with van der Waals surface area (Å²) in [7, 11) is 1.61. The Balaban J connectivity index is 1.96. The van der Waals surface area contributed by atoms with Crippen molar-refractivity contribution in [1.82, 2.24) is 4.98 Å². The second-order valence-corrected chi connectivity index (χ2v) is 5.14. The zero-order chi connectivity index (χ0) is 16.9. The molecule has 3 rings (SSSR count). The van der Waals surface area contributed by atoms with Crippen molar-refractivity contribution in [2.45, 2.75) is 6.92 Å². The molecule has 3 aromatic rings. The number of benzene rings is 2. The Morgan fingerprint density at radius 1 is 1.08 bits per heavy atom. The van der Waals surface area contributed by atoms with E-state index in [1.54, 1.807) is 7.11 Å². The second kappa shape index (κ2) is 6.88. The number of rotatable bonds is 5. The van der Waals surface area contributed by atoms with Crippen molar-refractivity contribution in [1.29, 1.82) is 5.26 Å². The molecule has 0 saturated heterocycles. The van der Waals surface area contributed by atoms with E-state index in [1.165, 1.54) is 0 Å². The molecule has 24 heavy (non-hydrogen) atoms. The maximum Gasteiger partial charge on any atom is 0.149 e. The molecule has 5 nitrogen and oxygen atoms in total. The van der Waals surface area contributed by atoms with E-state index in [1.807, 2.05) is 55.5 Å². The lowest BCUT2D eigenvalue weighted by atomic mass is 10.1. The number of ether oxygens (including phenoxy) is 2. The maximum absolute atomic E-state index is 9.40. The van der Waals surface area contributed by atoms with Gasteiger partial charge in [-0.1, -0.05) is 0 Å². The molecule has 0 unspecified atom stereocenters.